The number of hydrogen-bond acceptors (Lipinski definition) is 1. The highest BCUT2D eigenvalue weighted by Crippen LogP contribution is 2.61. The third-order valence-corrected chi connectivity index (χ3v) is 8.05. The molecular weight excluding hydrogens is 422 g/mol. The summed E-state index contributed by atoms with van der Waals surface area (Å²) in [5.74, 6) is 0. The van der Waals surface area contributed by atoms with Crippen LogP contribution in [0, 0.1) is 6.92 Å². The molecule has 1 aliphatic carbocycles. The summed E-state index contributed by atoms with van der Waals surface area (Å²) in [5.41, 5.74) is 11.4. The highest BCUT2D eigenvalue weighted by molar-refractivity contribution is 6.00. The van der Waals surface area contributed by atoms with E-state index in [1.807, 2.05) is 0 Å². The highest BCUT2D eigenvalue weighted by atomic mass is 14.9. The summed E-state index contributed by atoms with van der Waals surface area (Å²) in [5, 5.41) is 8.91. The topological polar surface area (TPSA) is 12.0 Å². The Balaban J connectivity index is 1.60. The minimum absolute atomic E-state index is 0.371. The zero-order valence-corrected chi connectivity index (χ0v) is 19.5. The molecule has 1 aliphatic heterocycles. The van der Waals surface area contributed by atoms with Crippen LogP contribution in [0.3, 0.4) is 0 Å². The molecule has 0 amide bonds. The van der Waals surface area contributed by atoms with Crippen LogP contribution in [-0.4, -0.2) is 0 Å². The first-order chi connectivity index (χ1) is 17.2. The predicted octanol–water partition coefficient (Wildman–Crippen LogP) is 8.72. The molecule has 0 atom stereocenters. The molecule has 35 heavy (non-hydrogen) atoms. The summed E-state index contributed by atoms with van der Waals surface area (Å²) in [6, 6.07) is 42.9. The molecular formula is C34H23N. The maximum Gasteiger partial charge on any atom is 0.0754 e. The number of anilines is 2. The summed E-state index contributed by atoms with van der Waals surface area (Å²) >= 11 is 0. The van der Waals surface area contributed by atoms with Crippen LogP contribution in [0.25, 0.3) is 32.7 Å². The fraction of sp³-hybridized carbons (Fsp3) is 0.0588. The van der Waals surface area contributed by atoms with E-state index in [1.165, 1.54) is 71.9 Å². The van der Waals surface area contributed by atoms with Gasteiger partial charge in [0, 0.05) is 11.4 Å². The lowest BCUT2D eigenvalue weighted by atomic mass is 9.64. The first-order valence-electron chi connectivity index (χ1n) is 12.3. The van der Waals surface area contributed by atoms with Gasteiger partial charge in [-0.1, -0.05) is 96.6 Å². The molecule has 0 fully saturated rings. The van der Waals surface area contributed by atoms with Crippen LogP contribution in [0.2, 0.25) is 0 Å². The van der Waals surface area contributed by atoms with Crippen LogP contribution in [0.5, 0.6) is 0 Å². The number of benzene rings is 6. The largest absolute Gasteiger partial charge is 0.355 e. The molecule has 164 valence electrons. The molecule has 1 spiro atoms. The number of fused-ring (bicyclic) bond motifs is 11. The Morgan fingerprint density at radius 3 is 1.60 bits per heavy atom. The minimum Gasteiger partial charge on any atom is -0.355 e. The van der Waals surface area contributed by atoms with Gasteiger partial charge in [0.2, 0.25) is 0 Å². The Morgan fingerprint density at radius 1 is 0.457 bits per heavy atom. The van der Waals surface area contributed by atoms with E-state index in [9.17, 15) is 0 Å². The average molecular weight is 446 g/mol. The van der Waals surface area contributed by atoms with Crippen molar-refractivity contribution in [1.29, 1.82) is 0 Å². The molecule has 1 nitrogen and oxygen atoms in total. The van der Waals surface area contributed by atoms with Gasteiger partial charge in [0.25, 0.3) is 0 Å². The van der Waals surface area contributed by atoms with E-state index in [4.69, 9.17) is 0 Å². The fourth-order valence-electron chi connectivity index (χ4n) is 6.58. The van der Waals surface area contributed by atoms with Gasteiger partial charge in [-0.25, -0.2) is 0 Å². The molecule has 0 radical (unpaired) electrons. The van der Waals surface area contributed by atoms with Crippen molar-refractivity contribution in [2.24, 2.45) is 0 Å². The van der Waals surface area contributed by atoms with Gasteiger partial charge in [0.1, 0.15) is 0 Å². The normalized spacial score (nSPS) is 14.3. The average Bonchev–Trinajstić information content (AvgIpc) is 3.17. The van der Waals surface area contributed by atoms with Crippen LogP contribution in [0.1, 0.15) is 27.8 Å². The SMILES string of the molecule is Cc1ccc2c(c1)-c1ccccc1C21c2cc3ccccc3cc2Nc2cc3ccccc3cc21. The zero-order chi connectivity index (χ0) is 23.1. The van der Waals surface area contributed by atoms with Gasteiger partial charge in [0.05, 0.1) is 5.41 Å². The van der Waals surface area contributed by atoms with Crippen LogP contribution in [-0.2, 0) is 5.41 Å². The lowest BCUT2D eigenvalue weighted by Crippen LogP contribution is -2.33. The first kappa shape index (κ1) is 19.0. The van der Waals surface area contributed by atoms with Gasteiger partial charge in [-0.15, -0.1) is 0 Å². The molecule has 0 saturated carbocycles. The Hall–Kier alpha value is -4.36. The van der Waals surface area contributed by atoms with E-state index >= 15 is 0 Å². The molecule has 1 heteroatoms. The van der Waals surface area contributed by atoms with E-state index in [0.717, 1.165) is 0 Å². The van der Waals surface area contributed by atoms with E-state index < -0.39 is 0 Å². The first-order valence-corrected chi connectivity index (χ1v) is 12.3. The number of nitrogens with one attached hydrogen (secondary N) is 1. The van der Waals surface area contributed by atoms with Crippen molar-refractivity contribution in [3.8, 4) is 11.1 Å². The smallest absolute Gasteiger partial charge is 0.0754 e. The summed E-state index contributed by atoms with van der Waals surface area (Å²) in [6.45, 7) is 2.19. The van der Waals surface area contributed by atoms with Crippen molar-refractivity contribution in [3.05, 3.63) is 143 Å². The lowest BCUT2D eigenvalue weighted by Gasteiger charge is -2.41. The summed E-state index contributed by atoms with van der Waals surface area (Å²) in [6.07, 6.45) is 0. The van der Waals surface area contributed by atoms with Crippen LogP contribution in [0.15, 0.2) is 115 Å². The summed E-state index contributed by atoms with van der Waals surface area (Å²) in [7, 11) is 0. The molecule has 0 unspecified atom stereocenters. The van der Waals surface area contributed by atoms with Crippen molar-refractivity contribution >= 4 is 32.9 Å². The van der Waals surface area contributed by atoms with Crippen molar-refractivity contribution < 1.29 is 0 Å². The van der Waals surface area contributed by atoms with Crippen LogP contribution < -0.4 is 5.32 Å². The second kappa shape index (κ2) is 6.61. The minimum atomic E-state index is -0.371. The molecule has 1 heterocycles. The molecule has 0 saturated heterocycles. The maximum absolute atomic E-state index is 3.85. The van der Waals surface area contributed by atoms with Crippen molar-refractivity contribution in [1.82, 2.24) is 0 Å². The number of rotatable bonds is 0. The zero-order valence-electron chi connectivity index (χ0n) is 19.5. The molecule has 6 aromatic rings. The Morgan fingerprint density at radius 2 is 0.971 bits per heavy atom. The van der Waals surface area contributed by atoms with Gasteiger partial charge in [-0.05, 0) is 86.1 Å². The second-order valence-electron chi connectivity index (χ2n) is 9.96. The van der Waals surface area contributed by atoms with E-state index in [1.54, 1.807) is 0 Å². The number of aryl methyl sites for hydroxylation is 1. The highest BCUT2D eigenvalue weighted by Gasteiger charge is 2.50. The van der Waals surface area contributed by atoms with Gasteiger partial charge < -0.3 is 5.32 Å². The Labute approximate surface area is 204 Å². The summed E-state index contributed by atoms with van der Waals surface area (Å²) in [4.78, 5) is 0. The Kier molecular flexibility index (Phi) is 3.59. The quantitative estimate of drug-likeness (QED) is 0.246. The van der Waals surface area contributed by atoms with Gasteiger partial charge >= 0.3 is 0 Å². The second-order valence-corrected chi connectivity index (χ2v) is 9.96. The standard InChI is InChI=1S/C34H23N/c1-21-14-15-29-27(16-21)26-12-6-7-13-28(26)34(29)30-17-22-8-2-4-10-24(22)19-32(30)35-33-20-25-11-5-3-9-23(25)18-31(33)34/h2-20,35H,1H3. The van der Waals surface area contributed by atoms with Crippen LogP contribution >= 0.6 is 0 Å². The van der Waals surface area contributed by atoms with E-state index in [2.05, 4.69) is 128 Å². The van der Waals surface area contributed by atoms with E-state index in [0.29, 0.717) is 0 Å². The third kappa shape index (κ3) is 2.38. The van der Waals surface area contributed by atoms with Crippen molar-refractivity contribution in [2.75, 3.05) is 5.32 Å². The molecule has 8 rings (SSSR count). The molecule has 2 aliphatic rings. The molecule has 1 N–H and O–H groups in total. The third-order valence-electron chi connectivity index (χ3n) is 8.05. The van der Waals surface area contributed by atoms with Gasteiger partial charge in [-0.3, -0.25) is 0 Å². The Bertz CT molecular complexity index is 1760. The van der Waals surface area contributed by atoms with Crippen LogP contribution in [0.4, 0.5) is 11.4 Å². The summed E-state index contributed by atoms with van der Waals surface area (Å²) < 4.78 is 0. The van der Waals surface area contributed by atoms with Gasteiger partial charge in [0.15, 0.2) is 0 Å². The monoisotopic (exact) mass is 445 g/mol. The van der Waals surface area contributed by atoms with Crippen molar-refractivity contribution in [2.45, 2.75) is 12.3 Å². The van der Waals surface area contributed by atoms with E-state index in [-0.39, 0.29) is 5.41 Å². The molecule has 0 bridgehead atoms. The van der Waals surface area contributed by atoms with Crippen molar-refractivity contribution in [3.63, 3.8) is 0 Å². The maximum atomic E-state index is 3.85. The van der Waals surface area contributed by atoms with Gasteiger partial charge in [-0.2, -0.15) is 0 Å². The molecule has 6 aromatic carbocycles. The predicted molar refractivity (Wildman–Crippen MR) is 147 cm³/mol. The fourth-order valence-corrected chi connectivity index (χ4v) is 6.58. The molecule has 0 aromatic heterocycles. The number of hydrogen-bond donors (Lipinski definition) is 1. The lowest BCUT2D eigenvalue weighted by molar-refractivity contribution is 0.766.